The number of nitrogens with zero attached hydrogens (tertiary/aromatic N) is 2. The second-order valence-electron chi connectivity index (χ2n) is 5.91. The number of halogens is 1. The summed E-state index contributed by atoms with van der Waals surface area (Å²) in [5.41, 5.74) is 4.22. The molecule has 0 aliphatic carbocycles. The number of aliphatic imine (C=N–C) groups is 1. The highest BCUT2D eigenvalue weighted by atomic mass is 79.9. The van der Waals surface area contributed by atoms with Crippen LogP contribution in [0, 0.1) is 13.8 Å². The van der Waals surface area contributed by atoms with Crippen molar-refractivity contribution in [3.63, 3.8) is 0 Å². The van der Waals surface area contributed by atoms with Gasteiger partial charge in [0.15, 0.2) is 0 Å². The Kier molecular flexibility index (Phi) is 7.14. The molecule has 0 radical (unpaired) electrons. The minimum Gasteiger partial charge on any atom is -0.487 e. The van der Waals surface area contributed by atoms with Crippen LogP contribution in [-0.4, -0.2) is 36.3 Å². The van der Waals surface area contributed by atoms with Crippen LogP contribution in [0.15, 0.2) is 45.9 Å². The Hall–Kier alpha value is -1.72. The van der Waals surface area contributed by atoms with Crippen molar-refractivity contribution in [2.24, 2.45) is 4.99 Å². The second-order valence-corrected chi connectivity index (χ2v) is 7.26. The highest BCUT2D eigenvalue weighted by Gasteiger charge is 2.10. The Morgan fingerprint density at radius 2 is 1.96 bits per heavy atom. The summed E-state index contributed by atoms with van der Waals surface area (Å²) in [4.78, 5) is 7.39. The van der Waals surface area contributed by atoms with Crippen LogP contribution >= 0.6 is 28.1 Å². The molecule has 0 spiro atoms. The van der Waals surface area contributed by atoms with Gasteiger partial charge in [0, 0.05) is 13.6 Å². The Bertz CT molecular complexity index is 789. The maximum absolute atomic E-state index is 5.85. The van der Waals surface area contributed by atoms with Gasteiger partial charge >= 0.3 is 0 Å². The molecule has 0 fully saturated rings. The van der Waals surface area contributed by atoms with E-state index in [2.05, 4.69) is 53.8 Å². The van der Waals surface area contributed by atoms with Gasteiger partial charge in [-0.1, -0.05) is 24.4 Å². The van der Waals surface area contributed by atoms with Gasteiger partial charge in [0.2, 0.25) is 0 Å². The summed E-state index contributed by atoms with van der Waals surface area (Å²) in [5.74, 6) is 0.794. The molecule has 2 aromatic carbocycles. The zero-order valence-corrected chi connectivity index (χ0v) is 17.4. The zero-order valence-electron chi connectivity index (χ0n) is 15.0. The summed E-state index contributed by atoms with van der Waals surface area (Å²) in [5, 5.41) is 0. The molecule has 0 aliphatic rings. The molecule has 2 aromatic rings. The summed E-state index contributed by atoms with van der Waals surface area (Å²) >= 11 is 9.08. The van der Waals surface area contributed by atoms with Gasteiger partial charge in [0.25, 0.3) is 0 Å². The molecule has 25 heavy (non-hydrogen) atoms. The van der Waals surface area contributed by atoms with E-state index >= 15 is 0 Å². The maximum Gasteiger partial charge on any atom is 0.134 e. The van der Waals surface area contributed by atoms with Gasteiger partial charge in [-0.25, -0.2) is 4.99 Å². The van der Waals surface area contributed by atoms with Gasteiger partial charge in [-0.3, -0.25) is 0 Å². The molecule has 0 saturated carbocycles. The maximum atomic E-state index is 5.85. The first-order valence-electron chi connectivity index (χ1n) is 8.18. The van der Waals surface area contributed by atoms with Crippen LogP contribution in [0.4, 0.5) is 5.69 Å². The number of hydrogen-bond acceptors (Lipinski definition) is 3. The first-order chi connectivity index (χ1) is 11.9. The SMILES string of the molecule is CCN(C)/C=N\c1cc(C)c(C(=S)COc2ccccc2Br)cc1C. The largest absolute Gasteiger partial charge is 0.487 e. The minimum atomic E-state index is 0.374. The molecule has 0 aromatic heterocycles. The van der Waals surface area contributed by atoms with E-state index in [4.69, 9.17) is 17.0 Å². The summed E-state index contributed by atoms with van der Waals surface area (Å²) in [6.45, 7) is 7.51. The predicted molar refractivity (Wildman–Crippen MR) is 114 cm³/mol. The lowest BCUT2D eigenvalue weighted by molar-refractivity contribution is 0.376. The van der Waals surface area contributed by atoms with Crippen molar-refractivity contribution in [2.75, 3.05) is 20.2 Å². The van der Waals surface area contributed by atoms with Gasteiger partial charge in [0.05, 0.1) is 21.4 Å². The first kappa shape index (κ1) is 19.6. The lowest BCUT2D eigenvalue weighted by Crippen LogP contribution is -2.14. The number of para-hydroxylation sites is 1. The fraction of sp³-hybridized carbons (Fsp3) is 0.300. The molecule has 0 saturated heterocycles. The molecule has 132 valence electrons. The number of hydrogen-bond donors (Lipinski definition) is 0. The van der Waals surface area contributed by atoms with Crippen molar-refractivity contribution < 1.29 is 4.74 Å². The molecule has 3 nitrogen and oxygen atoms in total. The van der Waals surface area contributed by atoms with Crippen LogP contribution in [0.2, 0.25) is 0 Å². The van der Waals surface area contributed by atoms with Crippen LogP contribution in [-0.2, 0) is 0 Å². The number of ether oxygens (including phenoxy) is 1. The van der Waals surface area contributed by atoms with E-state index in [1.165, 1.54) is 0 Å². The molecule has 0 aliphatic heterocycles. The Morgan fingerprint density at radius 1 is 1.24 bits per heavy atom. The zero-order chi connectivity index (χ0) is 18.4. The highest BCUT2D eigenvalue weighted by molar-refractivity contribution is 9.10. The first-order valence-corrected chi connectivity index (χ1v) is 9.38. The fourth-order valence-electron chi connectivity index (χ4n) is 2.27. The van der Waals surface area contributed by atoms with Crippen LogP contribution in [0.25, 0.3) is 0 Å². The van der Waals surface area contributed by atoms with Crippen molar-refractivity contribution in [1.29, 1.82) is 0 Å². The number of thiocarbonyl (C=S) groups is 1. The Morgan fingerprint density at radius 3 is 2.64 bits per heavy atom. The second kappa shape index (κ2) is 9.11. The summed E-state index contributed by atoms with van der Waals surface area (Å²) in [6.07, 6.45) is 1.86. The Balaban J connectivity index is 2.13. The summed E-state index contributed by atoms with van der Waals surface area (Å²) in [7, 11) is 2.01. The molecule has 0 N–H and O–H groups in total. The third-order valence-electron chi connectivity index (χ3n) is 3.93. The average Bonchev–Trinajstić information content (AvgIpc) is 2.60. The van der Waals surface area contributed by atoms with Crippen molar-refractivity contribution in [3.8, 4) is 5.75 Å². The Labute approximate surface area is 163 Å². The van der Waals surface area contributed by atoms with Crippen LogP contribution in [0.5, 0.6) is 5.75 Å². The average molecular weight is 419 g/mol. The van der Waals surface area contributed by atoms with E-state index in [0.717, 1.165) is 44.0 Å². The van der Waals surface area contributed by atoms with E-state index in [9.17, 15) is 0 Å². The normalized spacial score (nSPS) is 10.9. The van der Waals surface area contributed by atoms with Crippen LogP contribution < -0.4 is 4.74 Å². The van der Waals surface area contributed by atoms with Gasteiger partial charge < -0.3 is 9.64 Å². The lowest BCUT2D eigenvalue weighted by atomic mass is 10.0. The standard InChI is InChI=1S/C20H23BrN2OS/c1-5-23(4)13-22-18-11-14(2)16(10-15(18)3)20(25)12-24-19-9-7-6-8-17(19)21/h6-11,13H,5,12H2,1-4H3/b22-13-. The molecule has 0 atom stereocenters. The van der Waals surface area contributed by atoms with E-state index in [1.807, 2.05) is 42.6 Å². The van der Waals surface area contributed by atoms with Gasteiger partial charge in [-0.05, 0) is 77.7 Å². The number of benzene rings is 2. The predicted octanol–water partition coefficient (Wildman–Crippen LogP) is 5.47. The van der Waals surface area contributed by atoms with Gasteiger partial charge in [0.1, 0.15) is 12.4 Å². The monoisotopic (exact) mass is 418 g/mol. The highest BCUT2D eigenvalue weighted by Crippen LogP contribution is 2.26. The van der Waals surface area contributed by atoms with Crippen molar-refractivity contribution in [3.05, 3.63) is 57.6 Å². The minimum absolute atomic E-state index is 0.374. The van der Waals surface area contributed by atoms with Gasteiger partial charge in [-0.15, -0.1) is 0 Å². The molecule has 0 amide bonds. The molecule has 2 rings (SSSR count). The lowest BCUT2D eigenvalue weighted by Gasteiger charge is -2.14. The number of rotatable bonds is 7. The third-order valence-corrected chi connectivity index (χ3v) is 4.92. The van der Waals surface area contributed by atoms with E-state index < -0.39 is 0 Å². The molecule has 0 unspecified atom stereocenters. The van der Waals surface area contributed by atoms with Crippen molar-refractivity contribution in [2.45, 2.75) is 20.8 Å². The van der Waals surface area contributed by atoms with E-state index in [-0.39, 0.29) is 0 Å². The van der Waals surface area contributed by atoms with E-state index in [0.29, 0.717) is 6.61 Å². The molecule has 0 bridgehead atoms. The third kappa shape index (κ3) is 5.38. The topological polar surface area (TPSA) is 24.8 Å². The van der Waals surface area contributed by atoms with Crippen molar-refractivity contribution >= 4 is 45.0 Å². The molecule has 0 heterocycles. The molecule has 5 heteroatoms. The van der Waals surface area contributed by atoms with Gasteiger partial charge in [-0.2, -0.15) is 0 Å². The van der Waals surface area contributed by atoms with Crippen LogP contribution in [0.3, 0.4) is 0 Å². The quantitative estimate of drug-likeness (QED) is 0.257. The summed E-state index contributed by atoms with van der Waals surface area (Å²) in [6, 6.07) is 12.0. The smallest absolute Gasteiger partial charge is 0.134 e. The van der Waals surface area contributed by atoms with Crippen LogP contribution in [0.1, 0.15) is 23.6 Å². The molecular weight excluding hydrogens is 396 g/mol. The fourth-order valence-corrected chi connectivity index (χ4v) is 2.94. The van der Waals surface area contributed by atoms with E-state index in [1.54, 1.807) is 0 Å². The van der Waals surface area contributed by atoms with Crippen molar-refractivity contribution in [1.82, 2.24) is 4.90 Å². The molecular formula is C20H23BrN2OS. The number of aryl methyl sites for hydroxylation is 2. The summed E-state index contributed by atoms with van der Waals surface area (Å²) < 4.78 is 6.77.